The van der Waals surface area contributed by atoms with Crippen LogP contribution in [-0.4, -0.2) is 64.5 Å². The third-order valence-electron chi connectivity index (χ3n) is 4.84. The van der Waals surface area contributed by atoms with Gasteiger partial charge in [-0.2, -0.15) is 0 Å². The molecule has 2 aliphatic rings. The van der Waals surface area contributed by atoms with Gasteiger partial charge < -0.3 is 20.2 Å². The summed E-state index contributed by atoms with van der Waals surface area (Å²) in [5.74, 6) is -0.897. The van der Waals surface area contributed by atoms with E-state index in [1.54, 1.807) is 9.80 Å². The van der Waals surface area contributed by atoms with Crippen molar-refractivity contribution in [1.29, 1.82) is 0 Å². The Balaban J connectivity index is 1.92. The van der Waals surface area contributed by atoms with Crippen LogP contribution in [0.3, 0.4) is 0 Å². The van der Waals surface area contributed by atoms with Crippen molar-refractivity contribution in [3.63, 3.8) is 0 Å². The van der Waals surface area contributed by atoms with Crippen LogP contribution in [0.4, 0.5) is 4.79 Å². The molecule has 130 valence electrons. The Labute approximate surface area is 137 Å². The highest BCUT2D eigenvalue weighted by atomic mass is 16.4. The van der Waals surface area contributed by atoms with Gasteiger partial charge in [-0.05, 0) is 12.8 Å². The van der Waals surface area contributed by atoms with Gasteiger partial charge in [0.1, 0.15) is 5.54 Å². The highest BCUT2D eigenvalue weighted by molar-refractivity contribution is 5.86. The zero-order valence-corrected chi connectivity index (χ0v) is 14.0. The van der Waals surface area contributed by atoms with Crippen LogP contribution in [0.2, 0.25) is 0 Å². The average molecular weight is 325 g/mol. The average Bonchev–Trinajstić information content (AvgIpc) is 2.55. The van der Waals surface area contributed by atoms with E-state index in [1.807, 2.05) is 13.8 Å². The minimum atomic E-state index is -1.12. The lowest BCUT2D eigenvalue weighted by Gasteiger charge is -2.39. The second kappa shape index (κ2) is 7.19. The normalized spacial score (nSPS) is 21.2. The quantitative estimate of drug-likeness (QED) is 0.818. The van der Waals surface area contributed by atoms with Crippen LogP contribution in [-0.2, 0) is 9.59 Å². The standard InChI is InChI=1S/C16H27N3O4/c1-12(2)13(20)18-8-10-19(11-9-18)15(23)17-16(14(21)22)6-4-3-5-7-16/h12H,3-11H2,1-2H3,(H,17,23)(H,21,22). The Hall–Kier alpha value is -1.79. The molecule has 1 aliphatic carbocycles. The highest BCUT2D eigenvalue weighted by Crippen LogP contribution is 2.28. The van der Waals surface area contributed by atoms with Gasteiger partial charge in [0.05, 0.1) is 0 Å². The molecule has 0 atom stereocenters. The molecule has 0 spiro atoms. The van der Waals surface area contributed by atoms with Crippen LogP contribution in [0, 0.1) is 5.92 Å². The molecule has 1 saturated heterocycles. The number of rotatable bonds is 3. The number of carboxylic acid groups (broad SMARTS) is 1. The van der Waals surface area contributed by atoms with Gasteiger partial charge in [-0.25, -0.2) is 9.59 Å². The molecule has 0 bridgehead atoms. The summed E-state index contributed by atoms with van der Waals surface area (Å²) in [6, 6.07) is -0.328. The molecule has 2 N–H and O–H groups in total. The van der Waals surface area contributed by atoms with Crippen LogP contribution < -0.4 is 5.32 Å². The summed E-state index contributed by atoms with van der Waals surface area (Å²) in [6.45, 7) is 5.62. The summed E-state index contributed by atoms with van der Waals surface area (Å²) in [5, 5.41) is 12.3. The largest absolute Gasteiger partial charge is 0.480 e. The fourth-order valence-corrected chi connectivity index (χ4v) is 3.33. The molecule has 0 aromatic rings. The van der Waals surface area contributed by atoms with Crippen molar-refractivity contribution in [3.05, 3.63) is 0 Å². The van der Waals surface area contributed by atoms with Crippen molar-refractivity contribution < 1.29 is 19.5 Å². The number of carboxylic acids is 1. The van der Waals surface area contributed by atoms with Gasteiger partial charge in [-0.3, -0.25) is 4.79 Å². The van der Waals surface area contributed by atoms with Gasteiger partial charge >= 0.3 is 12.0 Å². The van der Waals surface area contributed by atoms with E-state index in [-0.39, 0.29) is 17.9 Å². The maximum absolute atomic E-state index is 12.4. The van der Waals surface area contributed by atoms with Gasteiger partial charge in [0.25, 0.3) is 0 Å². The number of amides is 3. The van der Waals surface area contributed by atoms with Crippen molar-refractivity contribution in [2.24, 2.45) is 5.92 Å². The number of nitrogens with one attached hydrogen (secondary N) is 1. The minimum Gasteiger partial charge on any atom is -0.480 e. The Kier molecular flexibility index (Phi) is 5.49. The summed E-state index contributed by atoms with van der Waals surface area (Å²) >= 11 is 0. The molecule has 2 fully saturated rings. The fraction of sp³-hybridized carbons (Fsp3) is 0.812. The monoisotopic (exact) mass is 325 g/mol. The third-order valence-corrected chi connectivity index (χ3v) is 4.84. The van der Waals surface area contributed by atoms with Crippen molar-refractivity contribution in [2.45, 2.75) is 51.5 Å². The maximum Gasteiger partial charge on any atom is 0.329 e. The van der Waals surface area contributed by atoms with Crippen LogP contribution in [0.15, 0.2) is 0 Å². The molecule has 1 aliphatic heterocycles. The topological polar surface area (TPSA) is 90.0 Å². The molecule has 0 unspecified atom stereocenters. The number of carbonyl (C=O) groups excluding carboxylic acids is 2. The number of nitrogens with zero attached hydrogens (tertiary/aromatic N) is 2. The van der Waals surface area contributed by atoms with E-state index < -0.39 is 11.5 Å². The molecule has 7 heteroatoms. The Morgan fingerprint density at radius 3 is 1.96 bits per heavy atom. The number of piperazine rings is 1. The summed E-state index contributed by atoms with van der Waals surface area (Å²) < 4.78 is 0. The molecular formula is C16H27N3O4. The first-order valence-electron chi connectivity index (χ1n) is 8.45. The lowest BCUT2D eigenvalue weighted by molar-refractivity contribution is -0.146. The summed E-state index contributed by atoms with van der Waals surface area (Å²) in [5.41, 5.74) is -1.12. The zero-order valence-electron chi connectivity index (χ0n) is 14.0. The Bertz CT molecular complexity index is 464. The van der Waals surface area contributed by atoms with E-state index >= 15 is 0 Å². The first kappa shape index (κ1) is 17.6. The predicted octanol–water partition coefficient (Wildman–Crippen LogP) is 1.28. The van der Waals surface area contributed by atoms with Crippen LogP contribution in [0.5, 0.6) is 0 Å². The molecule has 0 aromatic carbocycles. The first-order valence-corrected chi connectivity index (χ1v) is 8.45. The van der Waals surface area contributed by atoms with Crippen molar-refractivity contribution in [1.82, 2.24) is 15.1 Å². The summed E-state index contributed by atoms with van der Waals surface area (Å²) in [4.78, 5) is 39.4. The van der Waals surface area contributed by atoms with Crippen molar-refractivity contribution in [2.75, 3.05) is 26.2 Å². The smallest absolute Gasteiger partial charge is 0.329 e. The molecular weight excluding hydrogens is 298 g/mol. The molecule has 1 heterocycles. The molecule has 0 aromatic heterocycles. The van der Waals surface area contributed by atoms with Gasteiger partial charge in [0.2, 0.25) is 5.91 Å². The molecule has 23 heavy (non-hydrogen) atoms. The predicted molar refractivity (Wildman–Crippen MR) is 85.0 cm³/mol. The number of hydrogen-bond acceptors (Lipinski definition) is 3. The van der Waals surface area contributed by atoms with E-state index in [0.29, 0.717) is 39.0 Å². The van der Waals surface area contributed by atoms with Gasteiger partial charge in [-0.1, -0.05) is 33.1 Å². The fourth-order valence-electron chi connectivity index (χ4n) is 3.33. The van der Waals surface area contributed by atoms with E-state index in [0.717, 1.165) is 19.3 Å². The molecule has 3 amide bonds. The van der Waals surface area contributed by atoms with E-state index in [4.69, 9.17) is 0 Å². The Morgan fingerprint density at radius 2 is 1.48 bits per heavy atom. The lowest BCUT2D eigenvalue weighted by atomic mass is 9.82. The van der Waals surface area contributed by atoms with Crippen molar-refractivity contribution in [3.8, 4) is 0 Å². The maximum atomic E-state index is 12.4. The number of hydrogen-bond donors (Lipinski definition) is 2. The molecule has 2 rings (SSSR count). The minimum absolute atomic E-state index is 0.0482. The number of carbonyl (C=O) groups is 3. The second-order valence-electron chi connectivity index (χ2n) is 6.85. The van der Waals surface area contributed by atoms with Gasteiger partial charge in [-0.15, -0.1) is 0 Å². The number of aliphatic carboxylic acids is 1. The van der Waals surface area contributed by atoms with Crippen LogP contribution >= 0.6 is 0 Å². The van der Waals surface area contributed by atoms with E-state index in [1.165, 1.54) is 0 Å². The Morgan fingerprint density at radius 1 is 0.957 bits per heavy atom. The second-order valence-corrected chi connectivity index (χ2v) is 6.85. The third kappa shape index (κ3) is 3.95. The van der Waals surface area contributed by atoms with E-state index in [2.05, 4.69) is 5.32 Å². The summed E-state index contributed by atoms with van der Waals surface area (Å²) in [7, 11) is 0. The first-order chi connectivity index (χ1) is 10.9. The molecule has 1 saturated carbocycles. The summed E-state index contributed by atoms with van der Waals surface area (Å²) in [6.07, 6.45) is 3.63. The van der Waals surface area contributed by atoms with Gasteiger partial charge in [0.15, 0.2) is 0 Å². The van der Waals surface area contributed by atoms with E-state index in [9.17, 15) is 19.5 Å². The highest BCUT2D eigenvalue weighted by Gasteiger charge is 2.42. The van der Waals surface area contributed by atoms with Crippen LogP contribution in [0.25, 0.3) is 0 Å². The van der Waals surface area contributed by atoms with Gasteiger partial charge in [0, 0.05) is 32.1 Å². The zero-order chi connectivity index (χ0) is 17.0. The number of urea groups is 1. The molecule has 0 radical (unpaired) electrons. The molecule has 7 nitrogen and oxygen atoms in total. The van der Waals surface area contributed by atoms with Crippen LogP contribution in [0.1, 0.15) is 46.0 Å². The SMILES string of the molecule is CC(C)C(=O)N1CCN(C(=O)NC2(C(=O)O)CCCCC2)CC1. The van der Waals surface area contributed by atoms with Crippen molar-refractivity contribution >= 4 is 17.9 Å². The lowest BCUT2D eigenvalue weighted by Crippen LogP contribution is -2.61.